The Morgan fingerprint density at radius 1 is 1.14 bits per heavy atom. The Morgan fingerprint density at radius 3 is 2.50 bits per heavy atom. The molecule has 0 amide bonds. The van der Waals surface area contributed by atoms with Crippen LogP contribution in [0.15, 0.2) is 53.5 Å². The van der Waals surface area contributed by atoms with E-state index in [0.29, 0.717) is 40.8 Å². The second kappa shape index (κ2) is 7.76. The van der Waals surface area contributed by atoms with Gasteiger partial charge in [0, 0.05) is 22.6 Å². The third-order valence-corrected chi connectivity index (χ3v) is 3.33. The van der Waals surface area contributed by atoms with Crippen molar-refractivity contribution in [1.29, 1.82) is 0 Å². The fraction of sp³-hybridized carbons (Fsp3) is 0.222. The summed E-state index contributed by atoms with van der Waals surface area (Å²) in [6.07, 6.45) is 0.662. The molecule has 0 fully saturated rings. The Morgan fingerprint density at radius 2 is 1.86 bits per heavy atom. The molecule has 0 bridgehead atoms. The van der Waals surface area contributed by atoms with E-state index in [-0.39, 0.29) is 5.78 Å². The molecule has 22 heavy (non-hydrogen) atoms. The van der Waals surface area contributed by atoms with Gasteiger partial charge in [-0.25, -0.2) is 4.99 Å². The molecule has 3 nitrogen and oxygen atoms in total. The second-order valence-corrected chi connectivity index (χ2v) is 5.09. The molecule has 0 aliphatic heterocycles. The van der Waals surface area contributed by atoms with Crippen molar-refractivity contribution in [3.63, 3.8) is 0 Å². The van der Waals surface area contributed by atoms with Gasteiger partial charge in [-0.3, -0.25) is 4.79 Å². The van der Waals surface area contributed by atoms with E-state index in [1.807, 2.05) is 32.0 Å². The van der Waals surface area contributed by atoms with E-state index in [9.17, 15) is 4.79 Å². The summed E-state index contributed by atoms with van der Waals surface area (Å²) in [5.41, 5.74) is 1.66. The fourth-order valence-electron chi connectivity index (χ4n) is 2.05. The Labute approximate surface area is 135 Å². The van der Waals surface area contributed by atoms with Gasteiger partial charge in [-0.15, -0.1) is 0 Å². The van der Waals surface area contributed by atoms with Crippen molar-refractivity contribution in [3.8, 4) is 0 Å². The van der Waals surface area contributed by atoms with Crippen molar-refractivity contribution in [3.05, 3.63) is 64.7 Å². The lowest BCUT2D eigenvalue weighted by Crippen LogP contribution is -2.05. The number of ether oxygens (including phenoxy) is 1. The molecule has 0 saturated heterocycles. The maximum Gasteiger partial charge on any atom is 0.195 e. The van der Waals surface area contributed by atoms with Crippen LogP contribution in [-0.2, 0) is 4.74 Å². The molecule has 0 N–H and O–H groups in total. The summed E-state index contributed by atoms with van der Waals surface area (Å²) in [4.78, 5) is 17.1. The van der Waals surface area contributed by atoms with E-state index >= 15 is 0 Å². The van der Waals surface area contributed by atoms with Crippen molar-refractivity contribution in [1.82, 2.24) is 0 Å². The number of carbonyl (C=O) groups excluding carboxylic acids is 1. The minimum absolute atomic E-state index is 0.103. The van der Waals surface area contributed by atoms with Gasteiger partial charge in [-0.05, 0) is 25.1 Å². The average molecular weight is 316 g/mol. The zero-order valence-electron chi connectivity index (χ0n) is 12.7. The molecule has 0 radical (unpaired) electrons. The van der Waals surface area contributed by atoms with Gasteiger partial charge in [0.15, 0.2) is 11.7 Å². The number of rotatable bonds is 5. The molecule has 0 heterocycles. The van der Waals surface area contributed by atoms with Gasteiger partial charge in [0.05, 0.1) is 12.3 Å². The molecule has 0 unspecified atom stereocenters. The average Bonchev–Trinajstić information content (AvgIpc) is 2.56. The van der Waals surface area contributed by atoms with Crippen LogP contribution in [0.25, 0.3) is 0 Å². The Hall–Kier alpha value is -2.13. The third kappa shape index (κ3) is 3.95. The summed E-state index contributed by atoms with van der Waals surface area (Å²) < 4.78 is 5.47. The van der Waals surface area contributed by atoms with Gasteiger partial charge in [-0.2, -0.15) is 0 Å². The number of hydrogen-bond acceptors (Lipinski definition) is 3. The van der Waals surface area contributed by atoms with Crippen LogP contribution in [-0.4, -0.2) is 18.3 Å². The minimum Gasteiger partial charge on any atom is -0.481 e. The van der Waals surface area contributed by atoms with E-state index in [1.165, 1.54) is 0 Å². The van der Waals surface area contributed by atoms with Crippen molar-refractivity contribution >= 4 is 29.0 Å². The summed E-state index contributed by atoms with van der Waals surface area (Å²) in [6, 6.07) is 14.2. The smallest absolute Gasteiger partial charge is 0.195 e. The summed E-state index contributed by atoms with van der Waals surface area (Å²) in [7, 11) is 0. The molecule has 2 aromatic carbocycles. The van der Waals surface area contributed by atoms with E-state index < -0.39 is 0 Å². The zero-order valence-corrected chi connectivity index (χ0v) is 13.4. The lowest BCUT2D eigenvalue weighted by molar-refractivity contribution is 0.103. The lowest BCUT2D eigenvalue weighted by Gasteiger charge is -2.09. The van der Waals surface area contributed by atoms with Gasteiger partial charge in [0.1, 0.15) is 0 Å². The molecule has 2 rings (SSSR count). The molecule has 0 aliphatic rings. The van der Waals surface area contributed by atoms with Crippen LogP contribution in [0.3, 0.4) is 0 Å². The first-order chi connectivity index (χ1) is 10.7. The van der Waals surface area contributed by atoms with E-state index in [2.05, 4.69) is 4.99 Å². The second-order valence-electron chi connectivity index (χ2n) is 4.65. The zero-order chi connectivity index (χ0) is 15.9. The molecule has 0 saturated carbocycles. The maximum absolute atomic E-state index is 12.7. The van der Waals surface area contributed by atoms with Gasteiger partial charge < -0.3 is 4.74 Å². The molecule has 0 atom stereocenters. The van der Waals surface area contributed by atoms with Crippen molar-refractivity contribution in [2.24, 2.45) is 4.99 Å². The monoisotopic (exact) mass is 315 g/mol. The minimum atomic E-state index is -0.103. The number of hydrogen-bond donors (Lipinski definition) is 0. The number of ketones is 1. The Kier molecular flexibility index (Phi) is 5.73. The van der Waals surface area contributed by atoms with Crippen LogP contribution in [0.2, 0.25) is 5.02 Å². The standard InChI is InChI=1S/C18H18ClNO2/c1-3-17(22-4-2)20-16-11-10-14(19)12-15(16)18(21)13-8-6-5-7-9-13/h5-12H,3-4H2,1-2H3. The maximum atomic E-state index is 12.7. The first-order valence-electron chi connectivity index (χ1n) is 7.25. The first-order valence-corrected chi connectivity index (χ1v) is 7.63. The topological polar surface area (TPSA) is 38.7 Å². The van der Waals surface area contributed by atoms with Crippen LogP contribution in [0.4, 0.5) is 5.69 Å². The predicted molar refractivity (Wildman–Crippen MR) is 90.3 cm³/mol. The Bertz CT molecular complexity index is 681. The lowest BCUT2D eigenvalue weighted by atomic mass is 10.0. The highest BCUT2D eigenvalue weighted by molar-refractivity contribution is 6.31. The van der Waals surface area contributed by atoms with Gasteiger partial charge >= 0.3 is 0 Å². The van der Waals surface area contributed by atoms with Crippen molar-refractivity contribution in [2.75, 3.05) is 6.61 Å². The molecule has 4 heteroatoms. The van der Waals surface area contributed by atoms with Crippen molar-refractivity contribution in [2.45, 2.75) is 20.3 Å². The third-order valence-electron chi connectivity index (χ3n) is 3.10. The van der Waals surface area contributed by atoms with Gasteiger partial charge in [0.2, 0.25) is 0 Å². The van der Waals surface area contributed by atoms with Crippen LogP contribution in [0.1, 0.15) is 36.2 Å². The summed E-state index contributed by atoms with van der Waals surface area (Å²) in [6.45, 7) is 4.41. The van der Waals surface area contributed by atoms with Crippen molar-refractivity contribution < 1.29 is 9.53 Å². The van der Waals surface area contributed by atoms with Gasteiger partial charge in [-0.1, -0.05) is 48.9 Å². The molecular weight excluding hydrogens is 298 g/mol. The Balaban J connectivity index is 2.46. The highest BCUT2D eigenvalue weighted by Crippen LogP contribution is 2.26. The number of aliphatic imine (C=N–C) groups is 1. The number of carbonyl (C=O) groups is 1. The predicted octanol–water partition coefficient (Wildman–Crippen LogP) is 5.05. The number of halogens is 1. The quantitative estimate of drug-likeness (QED) is 0.440. The molecule has 0 aromatic heterocycles. The van der Waals surface area contributed by atoms with Gasteiger partial charge in [0.25, 0.3) is 0 Å². The van der Waals surface area contributed by atoms with E-state index in [4.69, 9.17) is 16.3 Å². The summed E-state index contributed by atoms with van der Waals surface area (Å²) >= 11 is 6.05. The van der Waals surface area contributed by atoms with Crippen LogP contribution in [0.5, 0.6) is 0 Å². The highest BCUT2D eigenvalue weighted by Gasteiger charge is 2.14. The molecule has 114 valence electrons. The number of benzene rings is 2. The van der Waals surface area contributed by atoms with Crippen LogP contribution in [0, 0.1) is 0 Å². The molecular formula is C18H18ClNO2. The highest BCUT2D eigenvalue weighted by atomic mass is 35.5. The van der Waals surface area contributed by atoms with E-state index in [0.717, 1.165) is 0 Å². The van der Waals surface area contributed by atoms with Crippen LogP contribution >= 0.6 is 11.6 Å². The summed E-state index contributed by atoms with van der Waals surface area (Å²) in [5, 5.41) is 0.507. The largest absolute Gasteiger partial charge is 0.481 e. The van der Waals surface area contributed by atoms with E-state index in [1.54, 1.807) is 30.3 Å². The van der Waals surface area contributed by atoms with Crippen LogP contribution < -0.4 is 0 Å². The molecule has 2 aromatic rings. The summed E-state index contributed by atoms with van der Waals surface area (Å²) in [5.74, 6) is 0.501. The first kappa shape index (κ1) is 16.2. The molecule has 0 aliphatic carbocycles. The fourth-order valence-corrected chi connectivity index (χ4v) is 2.22. The number of nitrogens with zero attached hydrogens (tertiary/aromatic N) is 1. The molecule has 0 spiro atoms. The normalized spacial score (nSPS) is 11.3. The SMILES string of the molecule is CCOC(CC)=Nc1ccc(Cl)cc1C(=O)c1ccccc1.